The summed E-state index contributed by atoms with van der Waals surface area (Å²) in [5, 5.41) is 11.6. The minimum atomic E-state index is -0.459. The number of para-hydroxylation sites is 1. The van der Waals surface area contributed by atoms with Gasteiger partial charge in [-0.25, -0.2) is 4.98 Å². The minimum absolute atomic E-state index is 0.0248. The number of hydrogen-bond donors (Lipinski definition) is 0. The Morgan fingerprint density at radius 1 is 1.16 bits per heavy atom. The van der Waals surface area contributed by atoms with Gasteiger partial charge in [-0.15, -0.1) is 0 Å². The van der Waals surface area contributed by atoms with Crippen molar-refractivity contribution in [2.45, 2.75) is 19.9 Å². The van der Waals surface area contributed by atoms with Gasteiger partial charge >= 0.3 is 0 Å². The van der Waals surface area contributed by atoms with E-state index >= 15 is 0 Å². The van der Waals surface area contributed by atoms with Crippen LogP contribution < -0.4 is 4.90 Å². The van der Waals surface area contributed by atoms with Gasteiger partial charge in [-0.05, 0) is 41.8 Å². The maximum Gasteiger partial charge on any atom is 0.270 e. The van der Waals surface area contributed by atoms with Crippen LogP contribution in [-0.4, -0.2) is 20.8 Å². The zero-order valence-corrected chi connectivity index (χ0v) is 18.2. The molecule has 0 aliphatic rings. The fraction of sp³-hybridized carbons (Fsp3) is 0.125. The molecule has 7 nitrogen and oxygen atoms in total. The molecule has 0 bridgehead atoms. The summed E-state index contributed by atoms with van der Waals surface area (Å²) in [6.07, 6.45) is 5.52. The quantitative estimate of drug-likeness (QED) is 0.216. The monoisotopic (exact) mass is 444 g/mol. The van der Waals surface area contributed by atoms with Gasteiger partial charge in [-0.3, -0.25) is 24.8 Å². The van der Waals surface area contributed by atoms with Crippen molar-refractivity contribution in [2.24, 2.45) is 0 Å². The van der Waals surface area contributed by atoms with Crippen molar-refractivity contribution in [1.82, 2.24) is 9.97 Å². The molecule has 4 rings (SSSR count). The van der Waals surface area contributed by atoms with Crippen molar-refractivity contribution in [3.63, 3.8) is 0 Å². The first kappa shape index (κ1) is 21.3. The predicted octanol–water partition coefficient (Wildman–Crippen LogP) is 5.41. The standard InChI is InChI=1S/C24H20N4O3S/c1-2-18-8-6-11-21-23(18)26-24(32-21)27(16-19-9-3-4-14-25-19)22(29)13-12-17-7-5-10-20(15-17)28(30)31/h3-15H,2,16H2,1H3/b13-12+. The van der Waals surface area contributed by atoms with Gasteiger partial charge in [0.1, 0.15) is 0 Å². The molecule has 0 fully saturated rings. The molecule has 0 saturated carbocycles. The van der Waals surface area contributed by atoms with Gasteiger partial charge in [0.2, 0.25) is 0 Å². The number of pyridine rings is 1. The highest BCUT2D eigenvalue weighted by molar-refractivity contribution is 7.22. The number of rotatable bonds is 7. The number of hydrogen-bond acceptors (Lipinski definition) is 6. The smallest absolute Gasteiger partial charge is 0.270 e. The molecule has 32 heavy (non-hydrogen) atoms. The number of aromatic nitrogens is 2. The summed E-state index contributed by atoms with van der Waals surface area (Å²) in [5.41, 5.74) is 3.31. The number of fused-ring (bicyclic) bond motifs is 1. The second-order valence-corrected chi connectivity index (χ2v) is 8.05. The number of carbonyl (C=O) groups excluding carboxylic acids is 1. The Balaban J connectivity index is 1.69. The zero-order valence-electron chi connectivity index (χ0n) is 17.3. The molecule has 160 valence electrons. The Morgan fingerprint density at radius 2 is 2.00 bits per heavy atom. The van der Waals surface area contributed by atoms with Crippen molar-refractivity contribution >= 4 is 44.4 Å². The third-order valence-electron chi connectivity index (χ3n) is 4.91. The van der Waals surface area contributed by atoms with E-state index < -0.39 is 4.92 Å². The fourth-order valence-corrected chi connectivity index (χ4v) is 4.31. The molecule has 4 aromatic rings. The molecule has 2 heterocycles. The first-order valence-electron chi connectivity index (χ1n) is 10.1. The van der Waals surface area contributed by atoms with Crippen LogP contribution in [0.4, 0.5) is 10.8 Å². The van der Waals surface area contributed by atoms with Crippen LogP contribution in [0.25, 0.3) is 16.3 Å². The normalized spacial score (nSPS) is 11.2. The van der Waals surface area contributed by atoms with Gasteiger partial charge in [-0.1, -0.05) is 48.6 Å². The number of nitro benzene ring substituents is 1. The Morgan fingerprint density at radius 3 is 2.75 bits per heavy atom. The summed E-state index contributed by atoms with van der Waals surface area (Å²) in [7, 11) is 0. The number of anilines is 1. The highest BCUT2D eigenvalue weighted by Gasteiger charge is 2.20. The summed E-state index contributed by atoms with van der Waals surface area (Å²) in [5.74, 6) is -0.278. The number of nitro groups is 1. The number of aryl methyl sites for hydroxylation is 1. The molecule has 0 atom stereocenters. The summed E-state index contributed by atoms with van der Waals surface area (Å²) in [4.78, 5) is 34.5. The maximum atomic E-state index is 13.2. The van der Waals surface area contributed by atoms with Crippen LogP contribution in [0, 0.1) is 10.1 Å². The highest BCUT2D eigenvalue weighted by atomic mass is 32.1. The summed E-state index contributed by atoms with van der Waals surface area (Å²) < 4.78 is 1.01. The van der Waals surface area contributed by atoms with Gasteiger partial charge in [0.05, 0.1) is 27.4 Å². The number of thiazole rings is 1. The van der Waals surface area contributed by atoms with E-state index in [1.54, 1.807) is 29.3 Å². The van der Waals surface area contributed by atoms with Crippen molar-refractivity contribution in [1.29, 1.82) is 0 Å². The number of benzene rings is 2. The van der Waals surface area contributed by atoms with Gasteiger partial charge < -0.3 is 0 Å². The lowest BCUT2D eigenvalue weighted by atomic mass is 10.1. The van der Waals surface area contributed by atoms with Crippen molar-refractivity contribution in [3.05, 3.63) is 99.9 Å². The largest absolute Gasteiger partial charge is 0.278 e. The molecular weight excluding hydrogens is 424 g/mol. The Hall–Kier alpha value is -3.91. The molecule has 1 amide bonds. The molecule has 2 aromatic heterocycles. The summed E-state index contributed by atoms with van der Waals surface area (Å²) >= 11 is 1.45. The topological polar surface area (TPSA) is 89.2 Å². The fourth-order valence-electron chi connectivity index (χ4n) is 3.29. The molecule has 0 N–H and O–H groups in total. The lowest BCUT2D eigenvalue weighted by Crippen LogP contribution is -2.29. The van der Waals surface area contributed by atoms with Crippen LogP contribution in [0.15, 0.2) is 72.9 Å². The average molecular weight is 445 g/mol. The molecule has 8 heteroatoms. The summed E-state index contributed by atoms with van der Waals surface area (Å²) in [6, 6.07) is 17.7. The molecule has 0 aliphatic heterocycles. The Bertz CT molecular complexity index is 1300. The van der Waals surface area contributed by atoms with E-state index in [0.717, 1.165) is 27.9 Å². The van der Waals surface area contributed by atoms with Crippen LogP contribution in [0.2, 0.25) is 0 Å². The highest BCUT2D eigenvalue weighted by Crippen LogP contribution is 2.32. The second-order valence-electron chi connectivity index (χ2n) is 7.04. The summed E-state index contributed by atoms with van der Waals surface area (Å²) in [6.45, 7) is 2.34. The lowest BCUT2D eigenvalue weighted by Gasteiger charge is -2.17. The molecule has 2 aromatic carbocycles. The Labute approximate surface area is 188 Å². The number of non-ortho nitro benzene ring substituents is 1. The maximum absolute atomic E-state index is 13.2. The van der Waals surface area contributed by atoms with Crippen molar-refractivity contribution < 1.29 is 9.72 Å². The van der Waals surface area contributed by atoms with Crippen LogP contribution in [0.3, 0.4) is 0 Å². The molecule has 0 saturated heterocycles. The molecule has 0 aliphatic carbocycles. The Kier molecular flexibility index (Phi) is 6.32. The lowest BCUT2D eigenvalue weighted by molar-refractivity contribution is -0.384. The van der Waals surface area contributed by atoms with Gasteiger partial charge in [-0.2, -0.15) is 0 Å². The molecule has 0 spiro atoms. The molecule has 0 radical (unpaired) electrons. The van der Waals surface area contributed by atoms with Crippen LogP contribution >= 0.6 is 11.3 Å². The van der Waals surface area contributed by atoms with Gasteiger partial charge in [0, 0.05) is 24.4 Å². The molecule has 0 unspecified atom stereocenters. The number of amides is 1. The van der Waals surface area contributed by atoms with E-state index in [1.807, 2.05) is 36.4 Å². The third kappa shape index (κ3) is 4.70. The van der Waals surface area contributed by atoms with E-state index in [4.69, 9.17) is 4.98 Å². The number of nitrogens with zero attached hydrogens (tertiary/aromatic N) is 4. The van der Waals surface area contributed by atoms with E-state index in [2.05, 4.69) is 11.9 Å². The van der Waals surface area contributed by atoms with Crippen LogP contribution in [0.1, 0.15) is 23.7 Å². The minimum Gasteiger partial charge on any atom is -0.278 e. The second kappa shape index (κ2) is 9.49. The van der Waals surface area contributed by atoms with E-state index in [9.17, 15) is 14.9 Å². The predicted molar refractivity (Wildman–Crippen MR) is 127 cm³/mol. The van der Waals surface area contributed by atoms with Crippen LogP contribution in [-0.2, 0) is 17.8 Å². The van der Waals surface area contributed by atoms with E-state index in [0.29, 0.717) is 10.7 Å². The van der Waals surface area contributed by atoms with Crippen molar-refractivity contribution in [2.75, 3.05) is 4.90 Å². The third-order valence-corrected chi connectivity index (χ3v) is 5.96. The van der Waals surface area contributed by atoms with E-state index in [-0.39, 0.29) is 18.1 Å². The SMILES string of the molecule is CCc1cccc2sc(N(Cc3ccccn3)C(=O)/C=C/c3cccc([N+](=O)[O-])c3)nc12. The van der Waals surface area contributed by atoms with Gasteiger partial charge in [0.15, 0.2) is 5.13 Å². The van der Waals surface area contributed by atoms with E-state index in [1.165, 1.54) is 29.5 Å². The van der Waals surface area contributed by atoms with Gasteiger partial charge in [0.25, 0.3) is 11.6 Å². The zero-order chi connectivity index (χ0) is 22.5. The number of carbonyl (C=O) groups is 1. The van der Waals surface area contributed by atoms with Crippen molar-refractivity contribution in [3.8, 4) is 0 Å². The van der Waals surface area contributed by atoms with Crippen LogP contribution in [0.5, 0.6) is 0 Å². The first-order chi connectivity index (χ1) is 15.5. The average Bonchev–Trinajstić information content (AvgIpc) is 3.26. The first-order valence-corrected chi connectivity index (χ1v) is 10.9. The molecular formula is C24H20N4O3S.